The predicted octanol–water partition coefficient (Wildman–Crippen LogP) is 1.92. The van der Waals surface area contributed by atoms with Crippen molar-refractivity contribution < 1.29 is 14.3 Å². The maximum Gasteiger partial charge on any atom is 0.270 e. The Hall–Kier alpha value is -1.82. The molecule has 4 rings (SSSR count). The zero-order valence-electron chi connectivity index (χ0n) is 14.9. The van der Waals surface area contributed by atoms with Gasteiger partial charge in [-0.25, -0.2) is 0 Å². The summed E-state index contributed by atoms with van der Waals surface area (Å²) in [5, 5.41) is 0. The van der Waals surface area contributed by atoms with Gasteiger partial charge in [0.2, 0.25) is 5.91 Å². The molecule has 6 nitrogen and oxygen atoms in total. The molecule has 1 aromatic rings. The molecule has 1 unspecified atom stereocenters. The van der Waals surface area contributed by atoms with Crippen molar-refractivity contribution in [1.82, 2.24) is 14.4 Å². The van der Waals surface area contributed by atoms with E-state index in [0.29, 0.717) is 32.3 Å². The Kier molecular flexibility index (Phi) is 4.31. The molecule has 2 aliphatic heterocycles. The minimum absolute atomic E-state index is 0.0792. The number of aromatic nitrogens is 1. The Morgan fingerprint density at radius 3 is 2.92 bits per heavy atom. The molecule has 1 aliphatic carbocycles. The lowest BCUT2D eigenvalue weighted by Crippen LogP contribution is -2.51. The number of nitrogens with zero attached hydrogens (tertiary/aromatic N) is 3. The number of carbonyl (C=O) groups is 2. The van der Waals surface area contributed by atoms with Crippen molar-refractivity contribution in [2.24, 2.45) is 5.41 Å². The highest BCUT2D eigenvalue weighted by Crippen LogP contribution is 2.41. The third-order valence-corrected chi connectivity index (χ3v) is 5.97. The largest absolute Gasteiger partial charge is 0.383 e. The molecule has 0 radical (unpaired) electrons. The summed E-state index contributed by atoms with van der Waals surface area (Å²) >= 11 is 0. The third kappa shape index (κ3) is 2.97. The molecule has 2 amide bonds. The molecule has 2 saturated heterocycles. The molecule has 3 aliphatic rings. The zero-order chi connectivity index (χ0) is 17.4. The lowest BCUT2D eigenvalue weighted by molar-refractivity contribution is -0.146. The van der Waals surface area contributed by atoms with Crippen molar-refractivity contribution in [3.8, 4) is 0 Å². The summed E-state index contributed by atoms with van der Waals surface area (Å²) in [6.07, 6.45) is 7.01. The average Bonchev–Trinajstić information content (AvgIpc) is 3.19. The van der Waals surface area contributed by atoms with Gasteiger partial charge in [0.1, 0.15) is 5.69 Å². The minimum atomic E-state index is -0.376. The zero-order valence-corrected chi connectivity index (χ0v) is 14.9. The second-order valence-electron chi connectivity index (χ2n) is 7.68. The van der Waals surface area contributed by atoms with Gasteiger partial charge in [0.05, 0.1) is 12.0 Å². The molecule has 3 heterocycles. The van der Waals surface area contributed by atoms with Crippen LogP contribution in [0.5, 0.6) is 0 Å². The Bertz CT molecular complexity index is 667. The lowest BCUT2D eigenvalue weighted by Gasteiger charge is -2.39. The Balaban J connectivity index is 1.47. The van der Waals surface area contributed by atoms with Crippen LogP contribution in [0.1, 0.15) is 48.6 Å². The summed E-state index contributed by atoms with van der Waals surface area (Å²) in [4.78, 5) is 29.8. The first-order chi connectivity index (χ1) is 12.1. The smallest absolute Gasteiger partial charge is 0.270 e. The van der Waals surface area contributed by atoms with E-state index >= 15 is 0 Å². The van der Waals surface area contributed by atoms with Gasteiger partial charge in [-0.05, 0) is 44.2 Å². The van der Waals surface area contributed by atoms with Gasteiger partial charge in [0.25, 0.3) is 5.91 Å². The third-order valence-electron chi connectivity index (χ3n) is 5.97. The Morgan fingerprint density at radius 2 is 2.16 bits per heavy atom. The molecule has 6 heteroatoms. The fourth-order valence-electron chi connectivity index (χ4n) is 4.40. The van der Waals surface area contributed by atoms with Crippen LogP contribution in [-0.4, -0.2) is 66.1 Å². The molecule has 1 spiro atoms. The van der Waals surface area contributed by atoms with Crippen LogP contribution in [0.2, 0.25) is 0 Å². The van der Waals surface area contributed by atoms with Crippen LogP contribution in [0.15, 0.2) is 18.3 Å². The van der Waals surface area contributed by atoms with Gasteiger partial charge in [0.15, 0.2) is 0 Å². The first-order valence-corrected chi connectivity index (χ1v) is 9.39. The van der Waals surface area contributed by atoms with E-state index in [4.69, 9.17) is 4.74 Å². The van der Waals surface area contributed by atoms with Gasteiger partial charge in [-0.2, -0.15) is 0 Å². The highest BCUT2D eigenvalue weighted by Gasteiger charge is 2.49. The SMILES string of the molecule is COCCN1CCCC2(CCN(C(=O)c3cccn3C3CC3)C2)C1=O. The van der Waals surface area contributed by atoms with Gasteiger partial charge < -0.3 is 19.1 Å². The number of methoxy groups -OCH3 is 1. The van der Waals surface area contributed by atoms with E-state index in [0.717, 1.165) is 44.3 Å². The monoisotopic (exact) mass is 345 g/mol. The molecule has 0 bridgehead atoms. The molecular weight excluding hydrogens is 318 g/mol. The summed E-state index contributed by atoms with van der Waals surface area (Å²) in [5.41, 5.74) is 0.401. The quantitative estimate of drug-likeness (QED) is 0.819. The fourth-order valence-corrected chi connectivity index (χ4v) is 4.40. The predicted molar refractivity (Wildman–Crippen MR) is 93.3 cm³/mol. The molecule has 1 atom stereocenters. The summed E-state index contributed by atoms with van der Waals surface area (Å²) in [5.74, 6) is 0.291. The van der Waals surface area contributed by atoms with Gasteiger partial charge >= 0.3 is 0 Å². The van der Waals surface area contributed by atoms with Crippen molar-refractivity contribution in [3.05, 3.63) is 24.0 Å². The van der Waals surface area contributed by atoms with Gasteiger partial charge in [-0.1, -0.05) is 0 Å². The maximum absolute atomic E-state index is 13.0. The van der Waals surface area contributed by atoms with E-state index in [-0.39, 0.29) is 17.2 Å². The van der Waals surface area contributed by atoms with Crippen molar-refractivity contribution >= 4 is 11.8 Å². The number of piperidine rings is 1. The van der Waals surface area contributed by atoms with Crippen LogP contribution in [0.4, 0.5) is 0 Å². The normalized spacial score (nSPS) is 26.7. The van der Waals surface area contributed by atoms with E-state index < -0.39 is 0 Å². The molecule has 1 aromatic heterocycles. The molecule has 1 saturated carbocycles. The van der Waals surface area contributed by atoms with Crippen LogP contribution < -0.4 is 0 Å². The van der Waals surface area contributed by atoms with Gasteiger partial charge in [0, 0.05) is 45.5 Å². The first-order valence-electron chi connectivity index (χ1n) is 9.39. The lowest BCUT2D eigenvalue weighted by atomic mass is 9.78. The highest BCUT2D eigenvalue weighted by atomic mass is 16.5. The van der Waals surface area contributed by atoms with Crippen LogP contribution in [-0.2, 0) is 9.53 Å². The van der Waals surface area contributed by atoms with E-state index in [9.17, 15) is 9.59 Å². The molecule has 136 valence electrons. The molecular formula is C19H27N3O3. The summed E-state index contributed by atoms with van der Waals surface area (Å²) in [6.45, 7) is 3.26. The first kappa shape index (κ1) is 16.6. The van der Waals surface area contributed by atoms with E-state index in [1.807, 2.05) is 28.1 Å². The summed E-state index contributed by atoms with van der Waals surface area (Å²) < 4.78 is 7.24. The molecule has 3 fully saturated rings. The van der Waals surface area contributed by atoms with E-state index in [2.05, 4.69) is 4.57 Å². The topological polar surface area (TPSA) is 54.8 Å². The number of ether oxygens (including phenoxy) is 1. The number of amides is 2. The molecule has 0 N–H and O–H groups in total. The van der Waals surface area contributed by atoms with Crippen molar-refractivity contribution in [1.29, 1.82) is 0 Å². The summed E-state index contributed by atoms with van der Waals surface area (Å²) in [6, 6.07) is 4.36. The standard InChI is InChI=1S/C19H27N3O3/c1-25-13-12-20-9-3-7-19(18(20)24)8-11-21(14-19)17(23)16-4-2-10-22(16)15-5-6-15/h2,4,10,15H,3,5-9,11-14H2,1H3. The van der Waals surface area contributed by atoms with Crippen LogP contribution in [0, 0.1) is 5.41 Å². The van der Waals surface area contributed by atoms with Crippen molar-refractivity contribution in [3.63, 3.8) is 0 Å². The van der Waals surface area contributed by atoms with E-state index in [1.165, 1.54) is 0 Å². The minimum Gasteiger partial charge on any atom is -0.383 e. The molecule has 25 heavy (non-hydrogen) atoms. The summed E-state index contributed by atoms with van der Waals surface area (Å²) in [7, 11) is 1.66. The fraction of sp³-hybridized carbons (Fsp3) is 0.684. The Labute approximate surface area is 148 Å². The number of hydrogen-bond acceptors (Lipinski definition) is 3. The van der Waals surface area contributed by atoms with Gasteiger partial charge in [-0.15, -0.1) is 0 Å². The number of carbonyl (C=O) groups excluding carboxylic acids is 2. The van der Waals surface area contributed by atoms with Crippen molar-refractivity contribution in [2.45, 2.75) is 38.1 Å². The van der Waals surface area contributed by atoms with Gasteiger partial charge in [-0.3, -0.25) is 9.59 Å². The number of rotatable bonds is 5. The van der Waals surface area contributed by atoms with Crippen LogP contribution in [0.3, 0.4) is 0 Å². The van der Waals surface area contributed by atoms with Crippen LogP contribution in [0.25, 0.3) is 0 Å². The number of hydrogen-bond donors (Lipinski definition) is 0. The van der Waals surface area contributed by atoms with Crippen LogP contribution >= 0.6 is 0 Å². The highest BCUT2D eigenvalue weighted by molar-refractivity contribution is 5.94. The second kappa shape index (κ2) is 6.48. The van der Waals surface area contributed by atoms with Crippen molar-refractivity contribution in [2.75, 3.05) is 39.9 Å². The second-order valence-corrected chi connectivity index (χ2v) is 7.68. The van der Waals surface area contributed by atoms with E-state index in [1.54, 1.807) is 7.11 Å². The molecule has 0 aromatic carbocycles. The Morgan fingerprint density at radius 1 is 1.32 bits per heavy atom. The maximum atomic E-state index is 13.0. The average molecular weight is 345 g/mol. The number of likely N-dealkylation sites (tertiary alicyclic amines) is 2.